The van der Waals surface area contributed by atoms with Crippen LogP contribution in [0.3, 0.4) is 0 Å². The van der Waals surface area contributed by atoms with Crippen LogP contribution in [-0.4, -0.2) is 32.1 Å². The van der Waals surface area contributed by atoms with Gasteiger partial charge in [-0.05, 0) is 37.6 Å². The summed E-state index contributed by atoms with van der Waals surface area (Å²) in [5.74, 6) is -0.163. The maximum atomic E-state index is 11.7. The maximum Gasteiger partial charge on any atom is 0.252 e. The molecule has 1 fully saturated rings. The van der Waals surface area contributed by atoms with Gasteiger partial charge in [0.1, 0.15) is 0 Å². The molecule has 1 heterocycles. The summed E-state index contributed by atoms with van der Waals surface area (Å²) in [6.07, 6.45) is 3.74. The molecule has 1 aromatic carbocycles. The molecule has 3 N–H and O–H groups in total. The Bertz CT molecular complexity index is 444. The Morgan fingerprint density at radius 2 is 2.32 bits per heavy atom. The van der Waals surface area contributed by atoms with Gasteiger partial charge in [0.25, 0.3) is 5.91 Å². The lowest BCUT2D eigenvalue weighted by Crippen LogP contribution is -2.39. The first-order valence-corrected chi connectivity index (χ1v) is 7.07. The number of carbonyl (C=O) groups excluding carboxylic acids is 1. The Morgan fingerprint density at radius 3 is 3.00 bits per heavy atom. The summed E-state index contributed by atoms with van der Waals surface area (Å²) in [6.45, 7) is 1.96. The van der Waals surface area contributed by atoms with Crippen LogP contribution in [0.15, 0.2) is 18.2 Å². The molecular formula is C14H20ClN3O. The van der Waals surface area contributed by atoms with E-state index in [0.717, 1.165) is 18.8 Å². The summed E-state index contributed by atoms with van der Waals surface area (Å²) in [7, 11) is 1.60. The smallest absolute Gasteiger partial charge is 0.252 e. The number of nitrogens with one attached hydrogen (secondary N) is 3. The van der Waals surface area contributed by atoms with Crippen molar-refractivity contribution in [1.29, 1.82) is 0 Å². The van der Waals surface area contributed by atoms with Crippen LogP contribution in [0.25, 0.3) is 0 Å². The fourth-order valence-electron chi connectivity index (χ4n) is 2.28. The monoisotopic (exact) mass is 281 g/mol. The summed E-state index contributed by atoms with van der Waals surface area (Å²) in [5.41, 5.74) is 1.43. The van der Waals surface area contributed by atoms with Gasteiger partial charge >= 0.3 is 0 Å². The van der Waals surface area contributed by atoms with Crippen LogP contribution in [0.1, 0.15) is 29.6 Å². The van der Waals surface area contributed by atoms with Crippen molar-refractivity contribution in [2.75, 3.05) is 25.5 Å². The van der Waals surface area contributed by atoms with Gasteiger partial charge in [0.2, 0.25) is 0 Å². The van der Waals surface area contributed by atoms with Crippen LogP contribution in [-0.2, 0) is 0 Å². The fraction of sp³-hybridized carbons (Fsp3) is 0.500. The number of hydrogen-bond acceptors (Lipinski definition) is 3. The van der Waals surface area contributed by atoms with Crippen molar-refractivity contribution in [3.8, 4) is 0 Å². The van der Waals surface area contributed by atoms with Crippen molar-refractivity contribution >= 4 is 23.2 Å². The highest BCUT2D eigenvalue weighted by molar-refractivity contribution is 6.34. The third-order valence-corrected chi connectivity index (χ3v) is 3.73. The van der Waals surface area contributed by atoms with Crippen LogP contribution < -0.4 is 16.0 Å². The number of hydrogen-bond donors (Lipinski definition) is 3. The fourth-order valence-corrected chi connectivity index (χ4v) is 2.49. The number of halogens is 1. The number of benzene rings is 1. The quantitative estimate of drug-likeness (QED) is 0.793. The second kappa shape index (κ2) is 6.78. The molecule has 1 aromatic rings. The zero-order chi connectivity index (χ0) is 13.7. The minimum Gasteiger partial charge on any atom is -0.383 e. The van der Waals surface area contributed by atoms with Gasteiger partial charge in [-0.15, -0.1) is 0 Å². The van der Waals surface area contributed by atoms with E-state index >= 15 is 0 Å². The van der Waals surface area contributed by atoms with Crippen molar-refractivity contribution in [2.24, 2.45) is 0 Å². The third kappa shape index (κ3) is 3.85. The lowest BCUT2D eigenvalue weighted by Gasteiger charge is -2.24. The first-order valence-electron chi connectivity index (χ1n) is 6.69. The standard InChI is InChI=1S/C14H20ClN3O/c1-16-14(19)12-8-10(5-6-13(12)15)18-9-11-4-2-3-7-17-11/h5-6,8,11,17-18H,2-4,7,9H2,1H3,(H,16,19). The van der Waals surface area contributed by atoms with E-state index in [1.54, 1.807) is 19.2 Å². The van der Waals surface area contributed by atoms with Gasteiger partial charge in [-0.3, -0.25) is 4.79 Å². The number of rotatable bonds is 4. The van der Waals surface area contributed by atoms with Crippen molar-refractivity contribution < 1.29 is 4.79 Å². The molecule has 104 valence electrons. The first kappa shape index (κ1) is 14.2. The lowest BCUT2D eigenvalue weighted by atomic mass is 10.0. The van der Waals surface area contributed by atoms with Crippen LogP contribution >= 0.6 is 11.6 Å². The number of carbonyl (C=O) groups is 1. The molecule has 5 heteroatoms. The molecule has 2 rings (SSSR count). The zero-order valence-electron chi connectivity index (χ0n) is 11.1. The van der Waals surface area contributed by atoms with Gasteiger partial charge in [-0.25, -0.2) is 0 Å². The highest BCUT2D eigenvalue weighted by Crippen LogP contribution is 2.20. The highest BCUT2D eigenvalue weighted by atomic mass is 35.5. The second-order valence-electron chi connectivity index (χ2n) is 4.80. The minimum atomic E-state index is -0.163. The largest absolute Gasteiger partial charge is 0.383 e. The van der Waals surface area contributed by atoms with Gasteiger partial charge < -0.3 is 16.0 Å². The molecule has 0 aliphatic carbocycles. The van der Waals surface area contributed by atoms with Crippen molar-refractivity contribution in [3.63, 3.8) is 0 Å². The van der Waals surface area contributed by atoms with E-state index in [0.29, 0.717) is 16.6 Å². The van der Waals surface area contributed by atoms with E-state index in [-0.39, 0.29) is 5.91 Å². The average molecular weight is 282 g/mol. The lowest BCUT2D eigenvalue weighted by molar-refractivity contribution is 0.0963. The molecule has 1 atom stereocenters. The molecule has 1 unspecified atom stereocenters. The summed E-state index contributed by atoms with van der Waals surface area (Å²) in [6, 6.07) is 5.96. The maximum absolute atomic E-state index is 11.7. The topological polar surface area (TPSA) is 53.2 Å². The zero-order valence-corrected chi connectivity index (χ0v) is 11.9. The summed E-state index contributed by atoms with van der Waals surface area (Å²) in [5, 5.41) is 9.91. The molecule has 1 aliphatic heterocycles. The second-order valence-corrected chi connectivity index (χ2v) is 5.21. The van der Waals surface area contributed by atoms with Crippen molar-refractivity contribution in [3.05, 3.63) is 28.8 Å². The summed E-state index contributed by atoms with van der Waals surface area (Å²) in [4.78, 5) is 11.7. The van der Waals surface area contributed by atoms with Crippen LogP contribution in [0.5, 0.6) is 0 Å². The van der Waals surface area contributed by atoms with E-state index in [1.165, 1.54) is 19.3 Å². The van der Waals surface area contributed by atoms with Gasteiger partial charge in [0, 0.05) is 25.3 Å². The predicted molar refractivity (Wildman–Crippen MR) is 79.0 cm³/mol. The Hall–Kier alpha value is -1.26. The van der Waals surface area contributed by atoms with Gasteiger partial charge in [-0.1, -0.05) is 18.0 Å². The van der Waals surface area contributed by atoms with Gasteiger partial charge in [-0.2, -0.15) is 0 Å². The van der Waals surface area contributed by atoms with E-state index in [4.69, 9.17) is 11.6 Å². The minimum absolute atomic E-state index is 0.163. The summed E-state index contributed by atoms with van der Waals surface area (Å²) < 4.78 is 0. The van der Waals surface area contributed by atoms with Crippen LogP contribution in [0, 0.1) is 0 Å². The molecule has 0 radical (unpaired) electrons. The normalized spacial score (nSPS) is 18.9. The van der Waals surface area contributed by atoms with Crippen molar-refractivity contribution in [2.45, 2.75) is 25.3 Å². The van der Waals surface area contributed by atoms with E-state index in [2.05, 4.69) is 16.0 Å². The predicted octanol–water partition coefficient (Wildman–Crippen LogP) is 2.25. The van der Waals surface area contributed by atoms with Gasteiger partial charge in [0.05, 0.1) is 10.6 Å². The number of anilines is 1. The highest BCUT2D eigenvalue weighted by Gasteiger charge is 2.13. The molecule has 1 saturated heterocycles. The van der Waals surface area contributed by atoms with E-state index in [9.17, 15) is 4.79 Å². The average Bonchev–Trinajstić information content (AvgIpc) is 2.46. The molecule has 0 bridgehead atoms. The molecule has 19 heavy (non-hydrogen) atoms. The molecule has 1 aliphatic rings. The SMILES string of the molecule is CNC(=O)c1cc(NCC2CCCCN2)ccc1Cl. The number of piperidine rings is 1. The van der Waals surface area contributed by atoms with Crippen LogP contribution in [0.4, 0.5) is 5.69 Å². The number of amides is 1. The molecule has 4 nitrogen and oxygen atoms in total. The Kier molecular flexibility index (Phi) is 5.05. The van der Waals surface area contributed by atoms with E-state index < -0.39 is 0 Å². The van der Waals surface area contributed by atoms with Crippen molar-refractivity contribution in [1.82, 2.24) is 10.6 Å². The third-order valence-electron chi connectivity index (χ3n) is 3.40. The van der Waals surface area contributed by atoms with Gasteiger partial charge in [0.15, 0.2) is 0 Å². The molecule has 0 saturated carbocycles. The molecular weight excluding hydrogens is 262 g/mol. The Balaban J connectivity index is 1.98. The summed E-state index contributed by atoms with van der Waals surface area (Å²) >= 11 is 6.02. The first-order chi connectivity index (χ1) is 9.20. The van der Waals surface area contributed by atoms with Crippen LogP contribution in [0.2, 0.25) is 5.02 Å². The molecule has 0 aromatic heterocycles. The Morgan fingerprint density at radius 1 is 1.47 bits per heavy atom. The Labute approximate surface area is 118 Å². The molecule has 0 spiro atoms. The van der Waals surface area contributed by atoms with E-state index in [1.807, 2.05) is 6.07 Å². The molecule has 1 amide bonds.